The molecule has 0 bridgehead atoms. The third-order valence-corrected chi connectivity index (χ3v) is 6.07. The molecule has 1 saturated heterocycles. The fourth-order valence-electron chi connectivity index (χ4n) is 4.37. The van der Waals surface area contributed by atoms with Gasteiger partial charge in [-0.15, -0.1) is 0 Å². The lowest BCUT2D eigenvalue weighted by atomic mass is 9.89. The lowest BCUT2D eigenvalue weighted by molar-refractivity contribution is 0.0785. The maximum absolute atomic E-state index is 12.8. The highest BCUT2D eigenvalue weighted by molar-refractivity contribution is 5.92. The molecule has 1 N–H and O–H groups in total. The van der Waals surface area contributed by atoms with Crippen LogP contribution in [0.1, 0.15) is 52.0 Å². The molecule has 30 heavy (non-hydrogen) atoms. The molecule has 0 radical (unpaired) electrons. The maximum Gasteiger partial charge on any atom is 0.272 e. The molecule has 1 aliphatic heterocycles. The van der Waals surface area contributed by atoms with Crippen LogP contribution in [0.2, 0.25) is 0 Å². The first-order valence-electron chi connectivity index (χ1n) is 10.6. The van der Waals surface area contributed by atoms with Crippen LogP contribution in [0.25, 0.3) is 11.1 Å². The van der Waals surface area contributed by atoms with Crippen LogP contribution in [0, 0.1) is 6.92 Å². The molecule has 1 aliphatic rings. The first kappa shape index (κ1) is 20.3. The number of aliphatic hydroxyl groups is 1. The average molecular weight is 401 g/mol. The van der Waals surface area contributed by atoms with E-state index in [1.807, 2.05) is 17.9 Å². The SMILES string of the molecule is CCc1ccccc1-c1ccc(C2CCN(C(=O)c3ccc(C)cn3)C2)c(CO)c1. The molecule has 0 aliphatic carbocycles. The van der Waals surface area contributed by atoms with E-state index in [0.29, 0.717) is 18.8 Å². The molecule has 4 heteroatoms. The van der Waals surface area contributed by atoms with E-state index in [1.165, 1.54) is 11.1 Å². The Kier molecular flexibility index (Phi) is 5.96. The van der Waals surface area contributed by atoms with E-state index < -0.39 is 0 Å². The number of hydrogen-bond acceptors (Lipinski definition) is 3. The first-order valence-corrected chi connectivity index (χ1v) is 10.6. The van der Waals surface area contributed by atoms with E-state index in [0.717, 1.165) is 35.1 Å². The molecule has 1 aromatic heterocycles. The van der Waals surface area contributed by atoms with Crippen LogP contribution in [0.4, 0.5) is 0 Å². The fraction of sp³-hybridized carbons (Fsp3) is 0.308. The van der Waals surface area contributed by atoms with Crippen LogP contribution in [-0.2, 0) is 13.0 Å². The number of aromatic nitrogens is 1. The summed E-state index contributed by atoms with van der Waals surface area (Å²) in [6, 6.07) is 18.5. The third kappa shape index (κ3) is 4.01. The monoisotopic (exact) mass is 400 g/mol. The molecule has 4 nitrogen and oxygen atoms in total. The van der Waals surface area contributed by atoms with E-state index in [1.54, 1.807) is 12.3 Å². The molecule has 0 saturated carbocycles. The molecule has 3 aromatic rings. The molecular formula is C26H28N2O2. The number of hydrogen-bond donors (Lipinski definition) is 1. The van der Waals surface area contributed by atoms with Crippen molar-refractivity contribution in [2.75, 3.05) is 13.1 Å². The van der Waals surface area contributed by atoms with Gasteiger partial charge in [-0.3, -0.25) is 9.78 Å². The van der Waals surface area contributed by atoms with E-state index in [2.05, 4.69) is 54.4 Å². The van der Waals surface area contributed by atoms with Crippen molar-refractivity contribution in [1.82, 2.24) is 9.88 Å². The number of carbonyl (C=O) groups is 1. The minimum Gasteiger partial charge on any atom is -0.392 e. The number of pyridine rings is 1. The van der Waals surface area contributed by atoms with Crippen molar-refractivity contribution in [3.63, 3.8) is 0 Å². The van der Waals surface area contributed by atoms with Crippen LogP contribution >= 0.6 is 0 Å². The van der Waals surface area contributed by atoms with Crippen molar-refractivity contribution in [2.45, 2.75) is 39.2 Å². The average Bonchev–Trinajstić information content (AvgIpc) is 3.28. The van der Waals surface area contributed by atoms with Crippen molar-refractivity contribution < 1.29 is 9.90 Å². The Balaban J connectivity index is 1.56. The van der Waals surface area contributed by atoms with Crippen LogP contribution in [0.3, 0.4) is 0 Å². The van der Waals surface area contributed by atoms with Crippen molar-refractivity contribution in [1.29, 1.82) is 0 Å². The van der Waals surface area contributed by atoms with Crippen LogP contribution in [0.5, 0.6) is 0 Å². The summed E-state index contributed by atoms with van der Waals surface area (Å²) in [5.41, 5.74) is 7.29. The molecular weight excluding hydrogens is 372 g/mol. The molecule has 4 rings (SSSR count). The molecule has 1 amide bonds. The highest BCUT2D eigenvalue weighted by Gasteiger charge is 2.29. The third-order valence-electron chi connectivity index (χ3n) is 6.07. The standard InChI is InChI=1S/C26H28N2O2/c1-3-19-6-4-5-7-23(19)20-9-10-24(22(14-20)17-29)21-12-13-28(16-21)26(30)25-11-8-18(2)15-27-25/h4-11,14-15,21,29H,3,12-13,16-17H2,1-2H3. The van der Waals surface area contributed by atoms with E-state index in [9.17, 15) is 9.90 Å². The summed E-state index contributed by atoms with van der Waals surface area (Å²) >= 11 is 0. The number of nitrogens with zero attached hydrogens (tertiary/aromatic N) is 2. The zero-order valence-electron chi connectivity index (χ0n) is 17.6. The predicted molar refractivity (Wildman–Crippen MR) is 119 cm³/mol. The van der Waals surface area contributed by atoms with Crippen molar-refractivity contribution in [3.05, 3.63) is 88.7 Å². The predicted octanol–water partition coefficient (Wildman–Crippen LogP) is 4.74. The summed E-state index contributed by atoms with van der Waals surface area (Å²) in [6.45, 7) is 5.50. The number of rotatable bonds is 5. The van der Waals surface area contributed by atoms with Gasteiger partial charge < -0.3 is 10.0 Å². The number of aliphatic hydroxyl groups excluding tert-OH is 1. The van der Waals surface area contributed by atoms with Crippen LogP contribution in [-0.4, -0.2) is 34.0 Å². The number of benzene rings is 2. The highest BCUT2D eigenvalue weighted by Crippen LogP contribution is 2.34. The quantitative estimate of drug-likeness (QED) is 0.673. The Hall–Kier alpha value is -2.98. The normalized spacial score (nSPS) is 16.1. The summed E-state index contributed by atoms with van der Waals surface area (Å²) in [7, 11) is 0. The minimum atomic E-state index is -0.0171. The van der Waals surface area contributed by atoms with Gasteiger partial charge in [-0.25, -0.2) is 0 Å². The summed E-state index contributed by atoms with van der Waals surface area (Å²) in [6.07, 6.45) is 3.60. The molecule has 2 aromatic carbocycles. The zero-order chi connectivity index (χ0) is 21.1. The molecule has 2 heterocycles. The van der Waals surface area contributed by atoms with Crippen molar-refractivity contribution in [2.24, 2.45) is 0 Å². The largest absolute Gasteiger partial charge is 0.392 e. The number of carbonyl (C=O) groups excluding carboxylic acids is 1. The second-order valence-corrected chi connectivity index (χ2v) is 8.04. The molecule has 1 fully saturated rings. The number of likely N-dealkylation sites (tertiary alicyclic amines) is 1. The van der Waals surface area contributed by atoms with Gasteiger partial charge in [0, 0.05) is 25.2 Å². The number of amides is 1. The number of aryl methyl sites for hydroxylation is 2. The van der Waals surface area contributed by atoms with E-state index in [-0.39, 0.29) is 18.4 Å². The summed E-state index contributed by atoms with van der Waals surface area (Å²) in [4.78, 5) is 19.0. The van der Waals surface area contributed by atoms with Gasteiger partial charge in [-0.05, 0) is 65.3 Å². The van der Waals surface area contributed by atoms with Crippen molar-refractivity contribution in [3.8, 4) is 11.1 Å². The molecule has 1 atom stereocenters. The van der Waals surface area contributed by atoms with Crippen LogP contribution in [0.15, 0.2) is 60.8 Å². The van der Waals surface area contributed by atoms with Gasteiger partial charge in [0.15, 0.2) is 0 Å². The lowest BCUT2D eigenvalue weighted by Crippen LogP contribution is -2.29. The Bertz CT molecular complexity index is 1040. The Labute approximate surface area is 178 Å². The van der Waals surface area contributed by atoms with E-state index in [4.69, 9.17) is 0 Å². The van der Waals surface area contributed by atoms with Gasteiger partial charge in [0.2, 0.25) is 0 Å². The van der Waals surface area contributed by atoms with Gasteiger partial charge in [0.1, 0.15) is 5.69 Å². The summed E-state index contributed by atoms with van der Waals surface area (Å²) in [5, 5.41) is 10.1. The smallest absolute Gasteiger partial charge is 0.272 e. The van der Waals surface area contributed by atoms with Gasteiger partial charge in [-0.1, -0.05) is 49.4 Å². The summed E-state index contributed by atoms with van der Waals surface area (Å²) in [5.74, 6) is 0.216. The van der Waals surface area contributed by atoms with Gasteiger partial charge in [0.25, 0.3) is 5.91 Å². The fourth-order valence-corrected chi connectivity index (χ4v) is 4.37. The second-order valence-electron chi connectivity index (χ2n) is 8.04. The molecule has 0 spiro atoms. The Morgan fingerprint density at radius 2 is 1.97 bits per heavy atom. The Morgan fingerprint density at radius 3 is 2.70 bits per heavy atom. The van der Waals surface area contributed by atoms with Crippen LogP contribution < -0.4 is 0 Å². The van der Waals surface area contributed by atoms with Gasteiger partial charge >= 0.3 is 0 Å². The highest BCUT2D eigenvalue weighted by atomic mass is 16.3. The molecule has 154 valence electrons. The maximum atomic E-state index is 12.8. The Morgan fingerprint density at radius 1 is 1.13 bits per heavy atom. The van der Waals surface area contributed by atoms with Crippen molar-refractivity contribution >= 4 is 5.91 Å². The van der Waals surface area contributed by atoms with Gasteiger partial charge in [0.05, 0.1) is 6.61 Å². The lowest BCUT2D eigenvalue weighted by Gasteiger charge is -2.19. The molecule has 1 unspecified atom stereocenters. The topological polar surface area (TPSA) is 53.4 Å². The second kappa shape index (κ2) is 8.80. The first-order chi connectivity index (χ1) is 14.6. The zero-order valence-corrected chi connectivity index (χ0v) is 17.6. The summed E-state index contributed by atoms with van der Waals surface area (Å²) < 4.78 is 0. The minimum absolute atomic E-state index is 0.00142. The van der Waals surface area contributed by atoms with Gasteiger partial charge in [-0.2, -0.15) is 0 Å². The van der Waals surface area contributed by atoms with E-state index >= 15 is 0 Å².